The summed E-state index contributed by atoms with van der Waals surface area (Å²) in [5.74, 6) is -0.775. The normalized spacial score (nSPS) is 11.9. The summed E-state index contributed by atoms with van der Waals surface area (Å²) in [5, 5.41) is 2.53. The van der Waals surface area contributed by atoms with Crippen molar-refractivity contribution in [3.8, 4) is 5.75 Å². The van der Waals surface area contributed by atoms with Gasteiger partial charge in [0.05, 0.1) is 12.6 Å². The van der Waals surface area contributed by atoms with Crippen LogP contribution in [-0.2, 0) is 20.7 Å². The Morgan fingerprint density at radius 3 is 2.45 bits per heavy atom. The number of amides is 1. The van der Waals surface area contributed by atoms with Gasteiger partial charge in [-0.25, -0.2) is 0 Å². The molecule has 6 nitrogen and oxygen atoms in total. The standard InChI is InChI=1S/C14H18F2N2O4/c1-9(19)21-7-6-18-13(20)12(17)8-10-2-4-11(5-3-10)22-14(15)16/h2-5,12,14H,6-8,17H2,1H3,(H,18,20). The number of carbonyl (C=O) groups excluding carboxylic acids is 2. The van der Waals surface area contributed by atoms with Gasteiger partial charge in [0.2, 0.25) is 5.91 Å². The number of ether oxygens (including phenoxy) is 2. The van der Waals surface area contributed by atoms with E-state index in [1.54, 1.807) is 12.1 Å². The minimum absolute atomic E-state index is 0.0400. The van der Waals surface area contributed by atoms with Gasteiger partial charge in [-0.05, 0) is 24.1 Å². The molecular weight excluding hydrogens is 298 g/mol. The number of rotatable bonds is 8. The number of alkyl halides is 2. The highest BCUT2D eigenvalue weighted by molar-refractivity contribution is 5.81. The summed E-state index contributed by atoms with van der Waals surface area (Å²) < 4.78 is 32.9. The number of halogens is 2. The monoisotopic (exact) mass is 316 g/mol. The molecular formula is C14H18F2N2O4. The molecule has 0 aliphatic heterocycles. The molecule has 0 heterocycles. The van der Waals surface area contributed by atoms with Crippen LogP contribution in [0.3, 0.4) is 0 Å². The Morgan fingerprint density at radius 2 is 1.91 bits per heavy atom. The van der Waals surface area contributed by atoms with Gasteiger partial charge in [-0.15, -0.1) is 0 Å². The van der Waals surface area contributed by atoms with E-state index in [9.17, 15) is 18.4 Å². The number of hydrogen-bond donors (Lipinski definition) is 2. The molecule has 0 aromatic heterocycles. The predicted octanol–water partition coefficient (Wildman–Crippen LogP) is 0.837. The molecule has 122 valence electrons. The van der Waals surface area contributed by atoms with Gasteiger partial charge < -0.3 is 20.5 Å². The van der Waals surface area contributed by atoms with Crippen molar-refractivity contribution in [1.29, 1.82) is 0 Å². The maximum atomic E-state index is 12.0. The Hall–Kier alpha value is -2.22. The van der Waals surface area contributed by atoms with Crippen LogP contribution in [0, 0.1) is 0 Å². The van der Waals surface area contributed by atoms with E-state index < -0.39 is 18.6 Å². The summed E-state index contributed by atoms with van der Waals surface area (Å²) in [6.45, 7) is -1.36. The summed E-state index contributed by atoms with van der Waals surface area (Å²) in [6.07, 6.45) is 0.244. The van der Waals surface area contributed by atoms with Gasteiger partial charge in [-0.3, -0.25) is 9.59 Å². The van der Waals surface area contributed by atoms with Crippen molar-refractivity contribution in [3.63, 3.8) is 0 Å². The second-order valence-electron chi connectivity index (χ2n) is 4.46. The summed E-state index contributed by atoms with van der Waals surface area (Å²) in [4.78, 5) is 22.2. The highest BCUT2D eigenvalue weighted by atomic mass is 19.3. The molecule has 1 amide bonds. The fourth-order valence-electron chi connectivity index (χ4n) is 1.65. The van der Waals surface area contributed by atoms with E-state index in [0.29, 0.717) is 5.56 Å². The third-order valence-electron chi connectivity index (χ3n) is 2.65. The van der Waals surface area contributed by atoms with Crippen LogP contribution in [0.1, 0.15) is 12.5 Å². The first-order valence-corrected chi connectivity index (χ1v) is 6.59. The topological polar surface area (TPSA) is 90.7 Å². The van der Waals surface area contributed by atoms with Crippen molar-refractivity contribution < 1.29 is 27.8 Å². The van der Waals surface area contributed by atoms with Gasteiger partial charge in [0.15, 0.2) is 0 Å². The third kappa shape index (κ3) is 6.98. The van der Waals surface area contributed by atoms with Crippen LogP contribution in [0.25, 0.3) is 0 Å². The quantitative estimate of drug-likeness (QED) is 0.548. The minimum Gasteiger partial charge on any atom is -0.464 e. The van der Waals surface area contributed by atoms with E-state index in [-0.39, 0.29) is 31.2 Å². The van der Waals surface area contributed by atoms with Gasteiger partial charge in [0.1, 0.15) is 12.4 Å². The molecule has 0 aliphatic carbocycles. The second kappa shape index (κ2) is 8.93. The molecule has 1 aromatic carbocycles. The van der Waals surface area contributed by atoms with Crippen LogP contribution >= 0.6 is 0 Å². The Morgan fingerprint density at radius 1 is 1.27 bits per heavy atom. The van der Waals surface area contributed by atoms with Crippen molar-refractivity contribution >= 4 is 11.9 Å². The molecule has 1 aromatic rings. The van der Waals surface area contributed by atoms with Crippen LogP contribution in [0.5, 0.6) is 5.75 Å². The van der Waals surface area contributed by atoms with E-state index in [1.807, 2.05) is 0 Å². The summed E-state index contributed by atoms with van der Waals surface area (Å²) in [5.41, 5.74) is 6.45. The smallest absolute Gasteiger partial charge is 0.387 e. The molecule has 0 radical (unpaired) electrons. The Kier molecular flexibility index (Phi) is 7.24. The predicted molar refractivity (Wildman–Crippen MR) is 74.4 cm³/mol. The third-order valence-corrected chi connectivity index (χ3v) is 2.65. The zero-order valence-electron chi connectivity index (χ0n) is 12.1. The average molecular weight is 316 g/mol. The lowest BCUT2D eigenvalue weighted by Gasteiger charge is -2.13. The highest BCUT2D eigenvalue weighted by Crippen LogP contribution is 2.15. The Bertz CT molecular complexity index is 494. The van der Waals surface area contributed by atoms with Gasteiger partial charge in [-0.2, -0.15) is 8.78 Å². The number of esters is 1. The van der Waals surface area contributed by atoms with Crippen LogP contribution in [-0.4, -0.2) is 37.7 Å². The number of nitrogens with two attached hydrogens (primary N) is 1. The lowest BCUT2D eigenvalue weighted by atomic mass is 10.1. The summed E-state index contributed by atoms with van der Waals surface area (Å²) >= 11 is 0. The first kappa shape index (κ1) is 17.8. The zero-order valence-corrected chi connectivity index (χ0v) is 12.1. The number of benzene rings is 1. The molecule has 22 heavy (non-hydrogen) atoms. The zero-order chi connectivity index (χ0) is 16.5. The molecule has 0 bridgehead atoms. The molecule has 1 unspecified atom stereocenters. The molecule has 0 fully saturated rings. The van der Waals surface area contributed by atoms with Gasteiger partial charge in [0.25, 0.3) is 0 Å². The van der Waals surface area contributed by atoms with Crippen molar-refractivity contribution in [1.82, 2.24) is 5.32 Å². The van der Waals surface area contributed by atoms with Crippen molar-refractivity contribution in [2.75, 3.05) is 13.2 Å². The summed E-state index contributed by atoms with van der Waals surface area (Å²) in [6, 6.07) is 5.09. The largest absolute Gasteiger partial charge is 0.464 e. The van der Waals surface area contributed by atoms with E-state index in [0.717, 1.165) is 0 Å². The minimum atomic E-state index is -2.88. The molecule has 0 saturated heterocycles. The molecule has 1 rings (SSSR count). The molecule has 1 atom stereocenters. The highest BCUT2D eigenvalue weighted by Gasteiger charge is 2.14. The first-order chi connectivity index (χ1) is 10.4. The molecule has 8 heteroatoms. The van der Waals surface area contributed by atoms with Crippen molar-refractivity contribution in [2.24, 2.45) is 5.73 Å². The van der Waals surface area contributed by atoms with Gasteiger partial charge >= 0.3 is 12.6 Å². The lowest BCUT2D eigenvalue weighted by Crippen LogP contribution is -2.43. The van der Waals surface area contributed by atoms with Gasteiger partial charge in [0, 0.05) is 6.92 Å². The summed E-state index contributed by atoms with van der Waals surface area (Å²) in [7, 11) is 0. The number of carbonyl (C=O) groups is 2. The fourth-order valence-corrected chi connectivity index (χ4v) is 1.65. The maximum Gasteiger partial charge on any atom is 0.387 e. The number of hydrogen-bond acceptors (Lipinski definition) is 5. The van der Waals surface area contributed by atoms with E-state index >= 15 is 0 Å². The Labute approximate surface area is 126 Å². The fraction of sp³-hybridized carbons (Fsp3) is 0.429. The second-order valence-corrected chi connectivity index (χ2v) is 4.46. The average Bonchev–Trinajstić information content (AvgIpc) is 2.44. The Balaban J connectivity index is 2.38. The molecule has 3 N–H and O–H groups in total. The SMILES string of the molecule is CC(=O)OCCNC(=O)C(N)Cc1ccc(OC(F)F)cc1. The van der Waals surface area contributed by atoms with Crippen molar-refractivity contribution in [3.05, 3.63) is 29.8 Å². The molecule has 0 saturated carbocycles. The van der Waals surface area contributed by atoms with Gasteiger partial charge in [-0.1, -0.05) is 12.1 Å². The first-order valence-electron chi connectivity index (χ1n) is 6.59. The molecule has 0 spiro atoms. The van der Waals surface area contributed by atoms with E-state index in [4.69, 9.17) is 5.73 Å². The maximum absolute atomic E-state index is 12.0. The van der Waals surface area contributed by atoms with E-state index in [2.05, 4.69) is 14.8 Å². The van der Waals surface area contributed by atoms with Crippen LogP contribution in [0.4, 0.5) is 8.78 Å². The van der Waals surface area contributed by atoms with Crippen molar-refractivity contribution in [2.45, 2.75) is 26.0 Å². The lowest BCUT2D eigenvalue weighted by molar-refractivity contribution is -0.141. The van der Waals surface area contributed by atoms with Crippen LogP contribution in [0.15, 0.2) is 24.3 Å². The van der Waals surface area contributed by atoms with Crippen LogP contribution < -0.4 is 15.8 Å². The number of nitrogens with one attached hydrogen (secondary N) is 1. The van der Waals surface area contributed by atoms with E-state index in [1.165, 1.54) is 19.1 Å². The molecule has 0 aliphatic rings. The van der Waals surface area contributed by atoms with Crippen LogP contribution in [0.2, 0.25) is 0 Å².